The predicted octanol–water partition coefficient (Wildman–Crippen LogP) is 4.24. The molecule has 4 heteroatoms. The summed E-state index contributed by atoms with van der Waals surface area (Å²) in [5.74, 6) is 2.60. The molecular weight excluding hydrogens is 336 g/mol. The Kier molecular flexibility index (Phi) is 4.25. The van der Waals surface area contributed by atoms with Gasteiger partial charge in [-0.1, -0.05) is 27.6 Å². The molecule has 2 nitrogen and oxygen atoms in total. The molecule has 108 valence electrons. The number of ketones is 1. The maximum absolute atomic E-state index is 12.8. The molecule has 2 aliphatic rings. The molecular formula is C16H19BrO2S. The van der Waals surface area contributed by atoms with Gasteiger partial charge in [0.05, 0.1) is 5.60 Å². The van der Waals surface area contributed by atoms with Crippen molar-refractivity contribution in [2.45, 2.75) is 31.8 Å². The zero-order valence-corrected chi connectivity index (χ0v) is 14.1. The van der Waals surface area contributed by atoms with Gasteiger partial charge in [0.25, 0.3) is 0 Å². The highest BCUT2D eigenvalue weighted by atomic mass is 79.9. The predicted molar refractivity (Wildman–Crippen MR) is 86.6 cm³/mol. The van der Waals surface area contributed by atoms with E-state index in [1.165, 1.54) is 0 Å². The van der Waals surface area contributed by atoms with E-state index in [0.29, 0.717) is 0 Å². The second kappa shape index (κ2) is 5.82. The number of carbonyl (C=O) groups excluding carboxylic acids is 1. The average molecular weight is 355 g/mol. The van der Waals surface area contributed by atoms with Gasteiger partial charge in [-0.3, -0.25) is 4.79 Å². The third-order valence-corrected chi connectivity index (χ3v) is 6.23. The third kappa shape index (κ3) is 2.83. The zero-order valence-electron chi connectivity index (χ0n) is 11.7. The van der Waals surface area contributed by atoms with E-state index >= 15 is 0 Å². The number of thioether (sulfide) groups is 1. The first-order valence-corrected chi connectivity index (χ1v) is 9.06. The minimum Gasteiger partial charge on any atom is -0.374 e. The van der Waals surface area contributed by atoms with Crippen LogP contribution in [-0.2, 0) is 4.74 Å². The Balaban J connectivity index is 1.81. The molecule has 0 aliphatic carbocycles. The van der Waals surface area contributed by atoms with Crippen molar-refractivity contribution >= 4 is 33.5 Å². The number of benzene rings is 1. The summed E-state index contributed by atoms with van der Waals surface area (Å²) in [7, 11) is 0. The van der Waals surface area contributed by atoms with Crippen LogP contribution in [0, 0.1) is 12.8 Å². The highest BCUT2D eigenvalue weighted by molar-refractivity contribution is 9.10. The number of hydrogen-bond donors (Lipinski definition) is 0. The monoisotopic (exact) mass is 354 g/mol. The molecule has 1 aromatic rings. The fourth-order valence-electron chi connectivity index (χ4n) is 3.16. The third-order valence-electron chi connectivity index (χ3n) is 4.32. The van der Waals surface area contributed by atoms with Gasteiger partial charge >= 0.3 is 0 Å². The zero-order chi connectivity index (χ0) is 14.2. The molecule has 0 bridgehead atoms. The van der Waals surface area contributed by atoms with E-state index in [2.05, 4.69) is 15.9 Å². The van der Waals surface area contributed by atoms with E-state index < -0.39 is 0 Å². The lowest BCUT2D eigenvalue weighted by atomic mass is 9.81. The van der Waals surface area contributed by atoms with Crippen LogP contribution >= 0.6 is 27.7 Å². The van der Waals surface area contributed by atoms with Crippen LogP contribution in [-0.4, -0.2) is 29.5 Å². The SMILES string of the molecule is Cc1ccc(Br)c(C(=O)C2CCOC3(CCSC3)C2)c1. The van der Waals surface area contributed by atoms with Crippen LogP contribution in [0.4, 0.5) is 0 Å². The summed E-state index contributed by atoms with van der Waals surface area (Å²) in [6, 6.07) is 6.00. The number of aryl methyl sites for hydroxylation is 1. The fourth-order valence-corrected chi connectivity index (χ4v) is 4.98. The Morgan fingerprint density at radius 1 is 1.50 bits per heavy atom. The van der Waals surface area contributed by atoms with Crippen molar-refractivity contribution in [3.63, 3.8) is 0 Å². The molecule has 0 amide bonds. The standard InChI is InChI=1S/C16H19BrO2S/c1-11-2-3-14(17)13(8-11)15(18)12-4-6-19-16(9-12)5-7-20-10-16/h2-3,8,12H,4-7,9-10H2,1H3. The van der Waals surface area contributed by atoms with Crippen molar-refractivity contribution in [3.05, 3.63) is 33.8 Å². The molecule has 2 aliphatic heterocycles. The largest absolute Gasteiger partial charge is 0.374 e. The van der Waals surface area contributed by atoms with E-state index in [1.54, 1.807) is 0 Å². The first-order chi connectivity index (χ1) is 9.60. The Bertz CT molecular complexity index is 523. The lowest BCUT2D eigenvalue weighted by molar-refractivity contribution is -0.0734. The van der Waals surface area contributed by atoms with Crippen LogP contribution in [0.5, 0.6) is 0 Å². The van der Waals surface area contributed by atoms with E-state index in [1.807, 2.05) is 36.9 Å². The molecule has 1 aromatic carbocycles. The van der Waals surface area contributed by atoms with E-state index in [-0.39, 0.29) is 17.3 Å². The summed E-state index contributed by atoms with van der Waals surface area (Å²) >= 11 is 5.47. The van der Waals surface area contributed by atoms with Gasteiger partial charge in [-0.05, 0) is 44.1 Å². The quantitative estimate of drug-likeness (QED) is 0.743. The Hall–Kier alpha value is -0.320. The number of halogens is 1. The topological polar surface area (TPSA) is 26.3 Å². The number of ether oxygens (including phenoxy) is 1. The first kappa shape index (κ1) is 14.6. The summed E-state index contributed by atoms with van der Waals surface area (Å²) in [6.07, 6.45) is 2.83. The lowest BCUT2D eigenvalue weighted by Crippen LogP contribution is -2.42. The smallest absolute Gasteiger partial charge is 0.167 e. The van der Waals surface area contributed by atoms with Crippen LogP contribution in [0.15, 0.2) is 22.7 Å². The van der Waals surface area contributed by atoms with Crippen LogP contribution in [0.25, 0.3) is 0 Å². The van der Waals surface area contributed by atoms with Gasteiger partial charge in [0.1, 0.15) is 0 Å². The molecule has 3 rings (SSSR count). The molecule has 0 saturated carbocycles. The van der Waals surface area contributed by atoms with Crippen LogP contribution in [0.3, 0.4) is 0 Å². The van der Waals surface area contributed by atoms with Gasteiger partial charge in [0.15, 0.2) is 5.78 Å². The summed E-state index contributed by atoms with van der Waals surface area (Å²) in [5.41, 5.74) is 1.94. The van der Waals surface area contributed by atoms with Gasteiger partial charge in [-0.25, -0.2) is 0 Å². The normalized spacial score (nSPS) is 29.8. The van der Waals surface area contributed by atoms with Crippen molar-refractivity contribution < 1.29 is 9.53 Å². The lowest BCUT2D eigenvalue weighted by Gasteiger charge is -2.37. The number of Topliss-reactive ketones (excluding diaryl/α,β-unsaturated/α-hetero) is 1. The number of rotatable bonds is 2. The van der Waals surface area contributed by atoms with Gasteiger partial charge in [0.2, 0.25) is 0 Å². The second-order valence-corrected chi connectivity index (χ2v) is 7.83. The number of carbonyl (C=O) groups is 1. The highest BCUT2D eigenvalue weighted by Crippen LogP contribution is 2.41. The minimum absolute atomic E-state index is 0.0282. The van der Waals surface area contributed by atoms with Gasteiger partial charge in [0, 0.05) is 28.3 Å². The van der Waals surface area contributed by atoms with Crippen LogP contribution < -0.4 is 0 Å². The van der Waals surface area contributed by atoms with Crippen molar-refractivity contribution in [1.29, 1.82) is 0 Å². The van der Waals surface area contributed by atoms with E-state index in [0.717, 1.165) is 53.0 Å². The van der Waals surface area contributed by atoms with Gasteiger partial charge in [-0.15, -0.1) is 0 Å². The Morgan fingerprint density at radius 3 is 3.10 bits per heavy atom. The van der Waals surface area contributed by atoms with Crippen molar-refractivity contribution in [2.24, 2.45) is 5.92 Å². The molecule has 2 saturated heterocycles. The van der Waals surface area contributed by atoms with Gasteiger partial charge < -0.3 is 4.74 Å². The molecule has 2 atom stereocenters. The molecule has 2 heterocycles. The fraction of sp³-hybridized carbons (Fsp3) is 0.562. The van der Waals surface area contributed by atoms with Gasteiger partial charge in [-0.2, -0.15) is 11.8 Å². The van der Waals surface area contributed by atoms with Crippen molar-refractivity contribution in [1.82, 2.24) is 0 Å². The van der Waals surface area contributed by atoms with Crippen LogP contribution in [0.1, 0.15) is 35.2 Å². The highest BCUT2D eigenvalue weighted by Gasteiger charge is 2.42. The molecule has 0 N–H and O–H groups in total. The minimum atomic E-state index is -0.0282. The maximum Gasteiger partial charge on any atom is 0.167 e. The summed E-state index contributed by atoms with van der Waals surface area (Å²) in [5, 5.41) is 0. The van der Waals surface area contributed by atoms with Crippen molar-refractivity contribution in [3.8, 4) is 0 Å². The summed E-state index contributed by atoms with van der Waals surface area (Å²) in [4.78, 5) is 12.8. The molecule has 2 fully saturated rings. The average Bonchev–Trinajstić information content (AvgIpc) is 2.88. The number of hydrogen-bond acceptors (Lipinski definition) is 3. The van der Waals surface area contributed by atoms with E-state index in [9.17, 15) is 4.79 Å². The second-order valence-electron chi connectivity index (χ2n) is 5.87. The Morgan fingerprint density at radius 2 is 2.35 bits per heavy atom. The molecule has 2 unspecified atom stereocenters. The molecule has 0 radical (unpaired) electrons. The first-order valence-electron chi connectivity index (χ1n) is 7.12. The summed E-state index contributed by atoms with van der Waals surface area (Å²) < 4.78 is 6.92. The molecule has 1 spiro atoms. The van der Waals surface area contributed by atoms with Crippen LogP contribution in [0.2, 0.25) is 0 Å². The maximum atomic E-state index is 12.8. The molecule has 20 heavy (non-hydrogen) atoms. The van der Waals surface area contributed by atoms with E-state index in [4.69, 9.17) is 4.74 Å². The van der Waals surface area contributed by atoms with Crippen molar-refractivity contribution in [2.75, 3.05) is 18.1 Å². The Labute approximate surface area is 132 Å². The molecule has 0 aromatic heterocycles. The summed E-state index contributed by atoms with van der Waals surface area (Å²) in [6.45, 7) is 2.75.